The van der Waals surface area contributed by atoms with Crippen LogP contribution in [0.3, 0.4) is 0 Å². The number of thioether (sulfide) groups is 1. The van der Waals surface area contributed by atoms with Gasteiger partial charge in [-0.2, -0.15) is 5.26 Å². The zero-order valence-corrected chi connectivity index (χ0v) is 24.5. The van der Waals surface area contributed by atoms with Crippen molar-refractivity contribution >= 4 is 39.7 Å². The SMILES string of the molecule is C=CCn1c(SCC(=O)Nc2sc3c(c2C#N)CCC(C(C)(C)CC)C3)nnc1-c1ccc(N(C)C)cc1. The first-order valence-corrected chi connectivity index (χ1v) is 14.8. The monoisotopic (exact) mass is 548 g/mol. The second-order valence-electron chi connectivity index (χ2n) is 10.6. The normalized spacial score (nSPS) is 15.0. The number of aromatic nitrogens is 3. The van der Waals surface area contributed by atoms with Gasteiger partial charge < -0.3 is 10.2 Å². The van der Waals surface area contributed by atoms with E-state index >= 15 is 0 Å². The predicted molar refractivity (Wildman–Crippen MR) is 158 cm³/mol. The van der Waals surface area contributed by atoms with E-state index in [1.54, 1.807) is 17.4 Å². The fourth-order valence-corrected chi connectivity index (χ4v) is 6.89. The molecule has 7 nitrogen and oxygen atoms in total. The third-order valence-electron chi connectivity index (χ3n) is 7.65. The van der Waals surface area contributed by atoms with E-state index in [1.165, 1.54) is 16.6 Å². The highest BCUT2D eigenvalue weighted by molar-refractivity contribution is 7.99. The summed E-state index contributed by atoms with van der Waals surface area (Å²) in [5, 5.41) is 23.0. The Morgan fingerprint density at radius 3 is 2.71 bits per heavy atom. The van der Waals surface area contributed by atoms with E-state index in [0.29, 0.717) is 28.2 Å². The Morgan fingerprint density at radius 2 is 2.08 bits per heavy atom. The van der Waals surface area contributed by atoms with Crippen LogP contribution >= 0.6 is 23.1 Å². The van der Waals surface area contributed by atoms with Gasteiger partial charge in [-0.3, -0.25) is 9.36 Å². The van der Waals surface area contributed by atoms with Crippen LogP contribution in [-0.4, -0.2) is 40.5 Å². The van der Waals surface area contributed by atoms with Crippen LogP contribution in [0, 0.1) is 22.7 Å². The Bertz CT molecular complexity index is 1350. The molecule has 1 aromatic carbocycles. The lowest BCUT2D eigenvalue weighted by Crippen LogP contribution is -2.28. The molecule has 0 fully saturated rings. The molecule has 1 aliphatic rings. The fourth-order valence-electron chi connectivity index (χ4n) is 4.85. The maximum Gasteiger partial charge on any atom is 0.235 e. The number of anilines is 2. The van der Waals surface area contributed by atoms with Gasteiger partial charge in [0.15, 0.2) is 11.0 Å². The fraction of sp³-hybridized carbons (Fsp3) is 0.448. The van der Waals surface area contributed by atoms with Crippen molar-refractivity contribution in [3.63, 3.8) is 0 Å². The van der Waals surface area contributed by atoms with Crippen molar-refractivity contribution in [1.29, 1.82) is 5.26 Å². The number of nitrogens with zero attached hydrogens (tertiary/aromatic N) is 5. The van der Waals surface area contributed by atoms with Gasteiger partial charge in [-0.15, -0.1) is 28.1 Å². The molecule has 3 aromatic rings. The summed E-state index contributed by atoms with van der Waals surface area (Å²) < 4.78 is 1.97. The molecule has 9 heteroatoms. The molecule has 0 spiro atoms. The highest BCUT2D eigenvalue weighted by atomic mass is 32.2. The summed E-state index contributed by atoms with van der Waals surface area (Å²) in [6, 6.07) is 10.5. The van der Waals surface area contributed by atoms with E-state index in [2.05, 4.69) is 48.9 Å². The topological polar surface area (TPSA) is 86.8 Å². The van der Waals surface area contributed by atoms with Crippen LogP contribution < -0.4 is 10.2 Å². The lowest BCUT2D eigenvalue weighted by atomic mass is 9.69. The van der Waals surface area contributed by atoms with Crippen molar-refractivity contribution in [2.45, 2.75) is 58.2 Å². The standard InChI is InChI=1S/C29H36N6OS2/c1-7-15-35-26(19-9-12-21(13-10-19)34(5)6)32-33-28(35)37-18-25(36)31-27-23(17-30)22-14-11-20(16-24(22)38-27)29(3,4)8-2/h7,9-10,12-13,20H,1,8,11,14-16,18H2,2-6H3,(H,31,36). The molecule has 0 saturated carbocycles. The Labute approximate surface area is 234 Å². The number of fused-ring (bicyclic) bond motifs is 1. The van der Waals surface area contributed by atoms with Gasteiger partial charge in [0.25, 0.3) is 0 Å². The molecule has 1 N–H and O–H groups in total. The number of carbonyl (C=O) groups excluding carboxylic acids is 1. The summed E-state index contributed by atoms with van der Waals surface area (Å²) in [6.07, 6.45) is 5.89. The van der Waals surface area contributed by atoms with E-state index in [4.69, 9.17) is 0 Å². The largest absolute Gasteiger partial charge is 0.378 e. The molecular weight excluding hydrogens is 512 g/mol. The van der Waals surface area contributed by atoms with E-state index < -0.39 is 0 Å². The molecule has 200 valence electrons. The molecule has 1 aliphatic carbocycles. The summed E-state index contributed by atoms with van der Waals surface area (Å²) in [5.41, 5.74) is 4.08. The molecule has 1 unspecified atom stereocenters. The lowest BCUT2D eigenvalue weighted by Gasteiger charge is -2.36. The lowest BCUT2D eigenvalue weighted by molar-refractivity contribution is -0.113. The smallest absolute Gasteiger partial charge is 0.235 e. The Hall–Kier alpha value is -3.09. The molecule has 0 bridgehead atoms. The zero-order valence-electron chi connectivity index (χ0n) is 22.9. The molecule has 2 aromatic heterocycles. The molecule has 38 heavy (non-hydrogen) atoms. The number of nitrogens with one attached hydrogen (secondary N) is 1. The zero-order chi connectivity index (χ0) is 27.4. The minimum atomic E-state index is -0.152. The van der Waals surface area contributed by atoms with Gasteiger partial charge in [0.05, 0.1) is 11.3 Å². The molecule has 1 atom stereocenters. The number of allylic oxidation sites excluding steroid dienone is 1. The number of hydrogen-bond acceptors (Lipinski definition) is 7. The molecule has 2 heterocycles. The first kappa shape index (κ1) is 27.9. The number of amides is 1. The van der Waals surface area contributed by atoms with E-state index in [-0.39, 0.29) is 17.1 Å². The minimum Gasteiger partial charge on any atom is -0.378 e. The van der Waals surface area contributed by atoms with Gasteiger partial charge in [-0.1, -0.05) is 45.0 Å². The van der Waals surface area contributed by atoms with Crippen molar-refractivity contribution in [3.8, 4) is 17.5 Å². The maximum atomic E-state index is 13.0. The molecule has 0 aliphatic heterocycles. The summed E-state index contributed by atoms with van der Waals surface area (Å²) >= 11 is 2.91. The molecular formula is C29H36N6OS2. The predicted octanol–water partition coefficient (Wildman–Crippen LogP) is 6.40. The van der Waals surface area contributed by atoms with Gasteiger partial charge in [-0.05, 0) is 60.4 Å². The Balaban J connectivity index is 1.46. The van der Waals surface area contributed by atoms with Crippen molar-refractivity contribution in [3.05, 3.63) is 52.9 Å². The van der Waals surface area contributed by atoms with E-state index in [1.807, 2.05) is 47.8 Å². The van der Waals surface area contributed by atoms with E-state index in [9.17, 15) is 10.1 Å². The average molecular weight is 549 g/mol. The van der Waals surface area contributed by atoms with Crippen LogP contribution in [-0.2, 0) is 24.2 Å². The molecule has 0 radical (unpaired) electrons. The van der Waals surface area contributed by atoms with Gasteiger partial charge in [0.1, 0.15) is 11.1 Å². The first-order valence-electron chi connectivity index (χ1n) is 13.0. The molecule has 0 saturated heterocycles. The van der Waals surface area contributed by atoms with Crippen LogP contribution in [0.1, 0.15) is 49.6 Å². The van der Waals surface area contributed by atoms with Gasteiger partial charge >= 0.3 is 0 Å². The first-order chi connectivity index (χ1) is 18.2. The summed E-state index contributed by atoms with van der Waals surface area (Å²) in [6.45, 7) is 11.3. The van der Waals surface area contributed by atoms with Crippen LogP contribution in [0.5, 0.6) is 0 Å². The highest BCUT2D eigenvalue weighted by Crippen LogP contribution is 2.45. The average Bonchev–Trinajstić information content (AvgIpc) is 3.47. The Morgan fingerprint density at radius 1 is 1.34 bits per heavy atom. The minimum absolute atomic E-state index is 0.152. The third kappa shape index (κ3) is 5.82. The van der Waals surface area contributed by atoms with Gasteiger partial charge in [0, 0.05) is 36.8 Å². The number of carbonyl (C=O) groups is 1. The number of nitriles is 1. The van der Waals surface area contributed by atoms with Gasteiger partial charge in [-0.25, -0.2) is 0 Å². The number of rotatable bonds is 10. The van der Waals surface area contributed by atoms with Crippen LogP contribution in [0.4, 0.5) is 10.7 Å². The molecule has 1 amide bonds. The Kier molecular flexibility index (Phi) is 8.64. The number of thiophene rings is 1. The summed E-state index contributed by atoms with van der Waals surface area (Å²) in [4.78, 5) is 16.3. The highest BCUT2D eigenvalue weighted by Gasteiger charge is 2.34. The van der Waals surface area contributed by atoms with Crippen molar-refractivity contribution in [1.82, 2.24) is 14.8 Å². The maximum absolute atomic E-state index is 13.0. The van der Waals surface area contributed by atoms with Gasteiger partial charge in [0.2, 0.25) is 5.91 Å². The second-order valence-corrected chi connectivity index (χ2v) is 12.6. The summed E-state index contributed by atoms with van der Waals surface area (Å²) in [7, 11) is 4.01. The second kappa shape index (κ2) is 11.7. The van der Waals surface area contributed by atoms with Crippen LogP contribution in [0.2, 0.25) is 0 Å². The van der Waals surface area contributed by atoms with Crippen molar-refractivity contribution in [2.75, 3.05) is 30.1 Å². The van der Waals surface area contributed by atoms with E-state index in [0.717, 1.165) is 48.3 Å². The quantitative estimate of drug-likeness (QED) is 0.233. The van der Waals surface area contributed by atoms with Crippen LogP contribution in [0.25, 0.3) is 11.4 Å². The third-order valence-corrected chi connectivity index (χ3v) is 9.79. The van der Waals surface area contributed by atoms with Crippen LogP contribution in [0.15, 0.2) is 42.1 Å². The molecule has 4 rings (SSSR count). The number of benzene rings is 1. The van der Waals surface area contributed by atoms with Crippen molar-refractivity contribution in [2.24, 2.45) is 11.3 Å². The van der Waals surface area contributed by atoms with Crippen molar-refractivity contribution < 1.29 is 4.79 Å². The number of hydrogen-bond donors (Lipinski definition) is 1. The summed E-state index contributed by atoms with van der Waals surface area (Å²) in [5.74, 6) is 1.35.